The van der Waals surface area contributed by atoms with E-state index in [4.69, 9.17) is 18.9 Å². The summed E-state index contributed by atoms with van der Waals surface area (Å²) in [7, 11) is 6.58. The molecule has 0 amide bonds. The summed E-state index contributed by atoms with van der Waals surface area (Å²) >= 11 is 0. The van der Waals surface area contributed by atoms with Gasteiger partial charge in [0.2, 0.25) is 0 Å². The van der Waals surface area contributed by atoms with Crippen molar-refractivity contribution in [1.29, 1.82) is 0 Å². The van der Waals surface area contributed by atoms with E-state index in [1.165, 1.54) is 16.7 Å². The first-order valence-electron chi connectivity index (χ1n) is 11.2. The van der Waals surface area contributed by atoms with Gasteiger partial charge in [-0.25, -0.2) is 0 Å². The zero-order chi connectivity index (χ0) is 23.0. The van der Waals surface area contributed by atoms with Crippen LogP contribution in [0.3, 0.4) is 0 Å². The second-order valence-electron chi connectivity index (χ2n) is 8.25. The van der Waals surface area contributed by atoms with Gasteiger partial charge in [0.1, 0.15) is 0 Å². The molecule has 33 heavy (non-hydrogen) atoms. The quantitative estimate of drug-likeness (QED) is 0.300. The minimum Gasteiger partial charge on any atom is -0.633 e. The van der Waals surface area contributed by atoms with Crippen LogP contribution in [-0.4, -0.2) is 65.8 Å². The van der Waals surface area contributed by atoms with E-state index in [1.807, 2.05) is 24.3 Å². The summed E-state index contributed by atoms with van der Waals surface area (Å²) in [6, 6.07) is 10.1. The molecular formula is C25H37ClN2O5. The van der Waals surface area contributed by atoms with Gasteiger partial charge in [0, 0.05) is 25.8 Å². The Hall–Kier alpha value is -2.19. The number of benzene rings is 2. The van der Waals surface area contributed by atoms with Crippen LogP contribution in [0.5, 0.6) is 23.0 Å². The smallest absolute Gasteiger partial charge is 0.161 e. The Morgan fingerprint density at radius 3 is 1.88 bits per heavy atom. The fourth-order valence-corrected chi connectivity index (χ4v) is 4.30. The van der Waals surface area contributed by atoms with Crippen LogP contribution in [0, 0.1) is 5.21 Å². The molecule has 0 bridgehead atoms. The van der Waals surface area contributed by atoms with Crippen molar-refractivity contribution < 1.29 is 23.6 Å². The number of ether oxygens (including phenoxy) is 4. The highest BCUT2D eigenvalue weighted by Gasteiger charge is 2.23. The molecule has 1 aliphatic rings. The Labute approximate surface area is 203 Å². The van der Waals surface area contributed by atoms with Gasteiger partial charge in [-0.3, -0.25) is 0 Å². The van der Waals surface area contributed by atoms with Crippen LogP contribution in [0.2, 0.25) is 0 Å². The van der Waals surface area contributed by atoms with Crippen LogP contribution in [0.25, 0.3) is 0 Å². The lowest BCUT2D eigenvalue weighted by molar-refractivity contribution is -0.879. The molecule has 0 saturated heterocycles. The summed E-state index contributed by atoms with van der Waals surface area (Å²) in [6.07, 6.45) is 3.30. The fourth-order valence-electron chi connectivity index (χ4n) is 4.30. The van der Waals surface area contributed by atoms with Gasteiger partial charge in [-0.05, 0) is 53.9 Å². The molecule has 7 nitrogen and oxygen atoms in total. The van der Waals surface area contributed by atoms with E-state index >= 15 is 0 Å². The minimum absolute atomic E-state index is 0. The lowest BCUT2D eigenvalue weighted by Crippen LogP contribution is -2.45. The number of methoxy groups -OCH3 is 4. The Morgan fingerprint density at radius 2 is 1.33 bits per heavy atom. The average Bonchev–Trinajstić information content (AvgIpc) is 2.99. The number of nitrogens with zero attached hydrogens (tertiary/aromatic N) is 1. The molecular weight excluding hydrogens is 444 g/mol. The SMILES string of the molecule is COc1ccc(CCNCCC[N+]2([O-])CCc3cc(OC)c(OC)cc3CC2)cc1OC.Cl. The zero-order valence-electron chi connectivity index (χ0n) is 20.1. The number of nitrogens with one attached hydrogen (secondary N) is 1. The molecule has 0 aliphatic carbocycles. The molecule has 184 valence electrons. The standard InChI is InChI=1S/C25H36N2O5.ClH/c1-29-22-7-6-19(16-23(22)30-2)8-12-26-11-5-13-27(28)14-9-20-17-24(31-3)25(32-4)18-21(20)10-15-27;/h6-7,16-18,26H,5,8-15H2,1-4H3;1H. The second-order valence-corrected chi connectivity index (χ2v) is 8.25. The summed E-state index contributed by atoms with van der Waals surface area (Å²) in [5.74, 6) is 2.96. The predicted octanol–water partition coefficient (Wildman–Crippen LogP) is 3.78. The van der Waals surface area contributed by atoms with Gasteiger partial charge in [-0.2, -0.15) is 0 Å². The number of quaternary nitrogens is 1. The molecule has 0 saturated carbocycles. The lowest BCUT2D eigenvalue weighted by Gasteiger charge is -2.42. The highest BCUT2D eigenvalue weighted by molar-refractivity contribution is 5.85. The van der Waals surface area contributed by atoms with E-state index in [0.29, 0.717) is 19.6 Å². The highest BCUT2D eigenvalue weighted by atomic mass is 35.5. The van der Waals surface area contributed by atoms with Crippen molar-refractivity contribution in [3.63, 3.8) is 0 Å². The third-order valence-corrected chi connectivity index (χ3v) is 6.24. The van der Waals surface area contributed by atoms with Crippen LogP contribution < -0.4 is 24.3 Å². The van der Waals surface area contributed by atoms with E-state index in [0.717, 1.165) is 61.8 Å². The largest absolute Gasteiger partial charge is 0.633 e. The molecule has 0 spiro atoms. The first kappa shape index (κ1) is 27.1. The van der Waals surface area contributed by atoms with Crippen molar-refractivity contribution in [2.24, 2.45) is 0 Å². The number of rotatable bonds is 11. The molecule has 1 aliphatic heterocycles. The average molecular weight is 481 g/mol. The summed E-state index contributed by atoms with van der Waals surface area (Å²) in [6.45, 7) is 3.54. The topological polar surface area (TPSA) is 72.0 Å². The van der Waals surface area contributed by atoms with E-state index in [9.17, 15) is 5.21 Å². The number of hydrogen-bond acceptors (Lipinski definition) is 6. The van der Waals surface area contributed by atoms with E-state index in [2.05, 4.69) is 11.4 Å². The van der Waals surface area contributed by atoms with Crippen LogP contribution >= 0.6 is 12.4 Å². The maximum atomic E-state index is 13.3. The predicted molar refractivity (Wildman–Crippen MR) is 133 cm³/mol. The maximum absolute atomic E-state index is 13.3. The molecule has 3 rings (SSSR count). The number of hydroxylamine groups is 3. The molecule has 8 heteroatoms. The van der Waals surface area contributed by atoms with E-state index < -0.39 is 0 Å². The van der Waals surface area contributed by atoms with Crippen molar-refractivity contribution in [2.75, 3.05) is 61.2 Å². The van der Waals surface area contributed by atoms with Crippen molar-refractivity contribution in [2.45, 2.75) is 25.7 Å². The Kier molecular flexibility index (Phi) is 10.6. The molecule has 2 aromatic rings. The third-order valence-electron chi connectivity index (χ3n) is 6.24. The zero-order valence-corrected chi connectivity index (χ0v) is 21.0. The first-order chi connectivity index (χ1) is 15.5. The number of halogens is 1. The lowest BCUT2D eigenvalue weighted by atomic mass is 10.0. The van der Waals surface area contributed by atoms with Gasteiger partial charge in [-0.1, -0.05) is 6.07 Å². The van der Waals surface area contributed by atoms with Gasteiger partial charge in [-0.15, -0.1) is 12.4 Å². The van der Waals surface area contributed by atoms with E-state index in [1.54, 1.807) is 28.4 Å². The summed E-state index contributed by atoms with van der Waals surface area (Å²) in [4.78, 5) is 0. The summed E-state index contributed by atoms with van der Waals surface area (Å²) in [5.41, 5.74) is 3.59. The molecule has 0 aromatic heterocycles. The Bertz CT molecular complexity index is 858. The van der Waals surface area contributed by atoms with Crippen molar-refractivity contribution in [3.05, 3.63) is 52.2 Å². The fraction of sp³-hybridized carbons (Fsp3) is 0.520. The molecule has 0 fully saturated rings. The van der Waals surface area contributed by atoms with Crippen LogP contribution in [0.1, 0.15) is 23.1 Å². The highest BCUT2D eigenvalue weighted by Crippen LogP contribution is 2.33. The molecule has 0 radical (unpaired) electrons. The van der Waals surface area contributed by atoms with Crippen molar-refractivity contribution in [1.82, 2.24) is 5.32 Å². The summed E-state index contributed by atoms with van der Waals surface area (Å²) < 4.78 is 21.4. The Balaban J connectivity index is 0.00000385. The monoisotopic (exact) mass is 480 g/mol. The Morgan fingerprint density at radius 1 is 0.788 bits per heavy atom. The molecule has 0 atom stereocenters. The van der Waals surface area contributed by atoms with E-state index in [-0.39, 0.29) is 17.1 Å². The van der Waals surface area contributed by atoms with Gasteiger partial charge in [0.25, 0.3) is 0 Å². The third kappa shape index (κ3) is 7.14. The van der Waals surface area contributed by atoms with Crippen molar-refractivity contribution >= 4 is 12.4 Å². The second kappa shape index (κ2) is 12.9. The van der Waals surface area contributed by atoms with Crippen molar-refractivity contribution in [3.8, 4) is 23.0 Å². The van der Waals surface area contributed by atoms with Gasteiger partial charge in [0.15, 0.2) is 23.0 Å². The molecule has 0 unspecified atom stereocenters. The normalized spacial score (nSPS) is 14.5. The van der Waals surface area contributed by atoms with Gasteiger partial charge >= 0.3 is 0 Å². The first-order valence-corrected chi connectivity index (χ1v) is 11.2. The van der Waals surface area contributed by atoms with Crippen LogP contribution in [0.15, 0.2) is 30.3 Å². The number of hydrogen-bond donors (Lipinski definition) is 1. The minimum atomic E-state index is -0.142. The van der Waals surface area contributed by atoms with Gasteiger partial charge < -0.3 is 34.1 Å². The van der Waals surface area contributed by atoms with Crippen LogP contribution in [-0.2, 0) is 19.3 Å². The molecule has 1 N–H and O–H groups in total. The van der Waals surface area contributed by atoms with Gasteiger partial charge in [0.05, 0.1) is 48.1 Å². The molecule has 1 heterocycles. The van der Waals surface area contributed by atoms with Crippen LogP contribution in [0.4, 0.5) is 0 Å². The number of fused-ring (bicyclic) bond motifs is 1. The summed E-state index contributed by atoms with van der Waals surface area (Å²) in [5, 5.41) is 16.8. The maximum Gasteiger partial charge on any atom is 0.161 e. The molecule has 2 aromatic carbocycles.